The van der Waals surface area contributed by atoms with Crippen LogP contribution in [-0.4, -0.2) is 4.98 Å². The first-order chi connectivity index (χ1) is 9.63. The van der Waals surface area contributed by atoms with Crippen molar-refractivity contribution in [3.8, 4) is 11.5 Å². The molecule has 0 saturated carbocycles. The van der Waals surface area contributed by atoms with E-state index >= 15 is 0 Å². The average Bonchev–Trinajstić information content (AvgIpc) is 2.43. The molecule has 0 atom stereocenters. The molecule has 0 unspecified atom stereocenters. The third-order valence-corrected chi connectivity index (χ3v) is 3.45. The fourth-order valence-corrected chi connectivity index (χ4v) is 2.25. The normalized spacial score (nSPS) is 10.7. The van der Waals surface area contributed by atoms with Crippen LogP contribution in [0, 0.1) is 5.82 Å². The molecule has 100 valence electrons. The monoisotopic (exact) mass is 332 g/mol. The highest BCUT2D eigenvalue weighted by Crippen LogP contribution is 2.31. The number of benzene rings is 2. The third kappa shape index (κ3) is 2.44. The summed E-state index contributed by atoms with van der Waals surface area (Å²) in [4.78, 5) is 4.25. The number of nitrogens with two attached hydrogens (primary N) is 1. The molecule has 20 heavy (non-hydrogen) atoms. The number of aromatic nitrogens is 1. The summed E-state index contributed by atoms with van der Waals surface area (Å²) in [5, 5.41) is 0.849. The molecule has 3 nitrogen and oxygen atoms in total. The minimum absolute atomic E-state index is 0.329. The Hall–Kier alpha value is -2.14. The van der Waals surface area contributed by atoms with Gasteiger partial charge in [0.05, 0.1) is 9.99 Å². The molecular formula is C15H10BrFN2O. The Bertz CT molecular complexity index is 792. The molecule has 0 bridgehead atoms. The van der Waals surface area contributed by atoms with Gasteiger partial charge in [-0.3, -0.25) is 4.98 Å². The van der Waals surface area contributed by atoms with Gasteiger partial charge in [0.25, 0.3) is 0 Å². The van der Waals surface area contributed by atoms with Gasteiger partial charge >= 0.3 is 0 Å². The largest absolute Gasteiger partial charge is 0.457 e. The Morgan fingerprint density at radius 3 is 2.75 bits per heavy atom. The predicted octanol–water partition coefficient (Wildman–Crippen LogP) is 4.51. The second kappa shape index (κ2) is 5.09. The number of fused-ring (bicyclic) bond motifs is 1. The number of nitrogen functional groups attached to an aromatic ring is 1. The van der Waals surface area contributed by atoms with E-state index in [1.165, 1.54) is 6.07 Å². The molecule has 0 radical (unpaired) electrons. The lowest BCUT2D eigenvalue weighted by Gasteiger charge is -2.09. The van der Waals surface area contributed by atoms with Crippen molar-refractivity contribution in [2.45, 2.75) is 0 Å². The Morgan fingerprint density at radius 2 is 1.95 bits per heavy atom. The van der Waals surface area contributed by atoms with Crippen molar-refractivity contribution >= 4 is 32.5 Å². The predicted molar refractivity (Wildman–Crippen MR) is 80.3 cm³/mol. The molecule has 0 spiro atoms. The molecule has 0 aliphatic rings. The van der Waals surface area contributed by atoms with E-state index in [4.69, 9.17) is 10.5 Å². The molecule has 2 N–H and O–H groups in total. The van der Waals surface area contributed by atoms with Gasteiger partial charge < -0.3 is 10.5 Å². The highest BCUT2D eigenvalue weighted by Gasteiger charge is 2.06. The molecule has 1 aromatic heterocycles. The average molecular weight is 333 g/mol. The number of halogens is 2. The van der Waals surface area contributed by atoms with Crippen molar-refractivity contribution in [1.29, 1.82) is 0 Å². The van der Waals surface area contributed by atoms with Crippen molar-refractivity contribution in [3.05, 3.63) is 59.0 Å². The van der Waals surface area contributed by atoms with E-state index in [2.05, 4.69) is 20.9 Å². The molecule has 0 aliphatic carbocycles. The van der Waals surface area contributed by atoms with Crippen LogP contribution in [-0.2, 0) is 0 Å². The minimum Gasteiger partial charge on any atom is -0.457 e. The van der Waals surface area contributed by atoms with E-state index in [1.54, 1.807) is 36.5 Å². The lowest BCUT2D eigenvalue weighted by atomic mass is 10.2. The van der Waals surface area contributed by atoms with Gasteiger partial charge in [-0.2, -0.15) is 0 Å². The van der Waals surface area contributed by atoms with Crippen LogP contribution in [0.15, 0.2) is 53.1 Å². The number of rotatable bonds is 2. The maximum atomic E-state index is 13.2. The topological polar surface area (TPSA) is 48.1 Å². The highest BCUT2D eigenvalue weighted by atomic mass is 79.9. The van der Waals surface area contributed by atoms with E-state index in [0.717, 1.165) is 10.9 Å². The van der Waals surface area contributed by atoms with Crippen molar-refractivity contribution in [3.63, 3.8) is 0 Å². The molecule has 0 amide bonds. The van der Waals surface area contributed by atoms with Gasteiger partial charge in [0.2, 0.25) is 0 Å². The number of hydrogen-bond donors (Lipinski definition) is 1. The van der Waals surface area contributed by atoms with Gasteiger partial charge in [0.1, 0.15) is 17.3 Å². The first-order valence-electron chi connectivity index (χ1n) is 5.90. The molecule has 2 aromatic carbocycles. The SMILES string of the molecule is Nc1ccc2c(Oc3ccc(F)c(Br)c3)ccnc2c1. The van der Waals surface area contributed by atoms with Crippen molar-refractivity contribution in [2.24, 2.45) is 0 Å². The summed E-state index contributed by atoms with van der Waals surface area (Å²) in [6, 6.07) is 11.7. The number of hydrogen-bond acceptors (Lipinski definition) is 3. The van der Waals surface area contributed by atoms with Gasteiger partial charge in [-0.15, -0.1) is 0 Å². The summed E-state index contributed by atoms with van der Waals surface area (Å²) in [6.07, 6.45) is 1.65. The zero-order chi connectivity index (χ0) is 14.1. The van der Waals surface area contributed by atoms with Crippen molar-refractivity contribution in [2.75, 3.05) is 5.73 Å². The second-order valence-corrected chi connectivity index (χ2v) is 5.12. The number of ether oxygens (including phenoxy) is 1. The molecule has 3 rings (SSSR count). The maximum Gasteiger partial charge on any atom is 0.138 e. The fraction of sp³-hybridized carbons (Fsp3) is 0. The quantitative estimate of drug-likeness (QED) is 0.702. The zero-order valence-corrected chi connectivity index (χ0v) is 11.9. The zero-order valence-electron chi connectivity index (χ0n) is 10.3. The molecule has 1 heterocycles. The van der Waals surface area contributed by atoms with Crippen LogP contribution in [0.3, 0.4) is 0 Å². The molecule has 0 fully saturated rings. The third-order valence-electron chi connectivity index (χ3n) is 2.85. The van der Waals surface area contributed by atoms with Crippen LogP contribution in [0.5, 0.6) is 11.5 Å². The number of anilines is 1. The highest BCUT2D eigenvalue weighted by molar-refractivity contribution is 9.10. The Labute approximate surface area is 123 Å². The van der Waals surface area contributed by atoms with Crippen LogP contribution in [0.25, 0.3) is 10.9 Å². The number of pyridine rings is 1. The Balaban J connectivity index is 2.04. The van der Waals surface area contributed by atoms with Crippen LogP contribution < -0.4 is 10.5 Å². The standard InChI is InChI=1S/C15H10BrFN2O/c16-12-8-10(2-4-13(12)17)20-15-5-6-19-14-7-9(18)1-3-11(14)15/h1-8H,18H2. The summed E-state index contributed by atoms with van der Waals surface area (Å²) in [5.41, 5.74) is 7.13. The first-order valence-corrected chi connectivity index (χ1v) is 6.70. The summed E-state index contributed by atoms with van der Waals surface area (Å²) < 4.78 is 19.4. The lowest BCUT2D eigenvalue weighted by molar-refractivity contribution is 0.485. The summed E-state index contributed by atoms with van der Waals surface area (Å²) in [7, 11) is 0. The first kappa shape index (κ1) is 12.9. The summed E-state index contributed by atoms with van der Waals surface area (Å²) in [6.45, 7) is 0. The van der Waals surface area contributed by atoms with E-state index in [9.17, 15) is 4.39 Å². The molecule has 3 aromatic rings. The van der Waals surface area contributed by atoms with E-state index in [0.29, 0.717) is 21.7 Å². The molecule has 0 saturated heterocycles. The maximum absolute atomic E-state index is 13.2. The second-order valence-electron chi connectivity index (χ2n) is 4.26. The van der Waals surface area contributed by atoms with E-state index in [1.807, 2.05) is 6.07 Å². The Kier molecular flexibility index (Phi) is 3.28. The molecule has 0 aliphatic heterocycles. The number of nitrogens with zero attached hydrogens (tertiary/aromatic N) is 1. The van der Waals surface area contributed by atoms with Gasteiger partial charge in [-0.1, -0.05) is 0 Å². The summed E-state index contributed by atoms with van der Waals surface area (Å²) in [5.74, 6) is 0.862. The van der Waals surface area contributed by atoms with Gasteiger partial charge in [0.15, 0.2) is 0 Å². The summed E-state index contributed by atoms with van der Waals surface area (Å²) >= 11 is 3.13. The van der Waals surface area contributed by atoms with E-state index in [-0.39, 0.29) is 5.82 Å². The van der Waals surface area contributed by atoms with Crippen molar-refractivity contribution in [1.82, 2.24) is 4.98 Å². The van der Waals surface area contributed by atoms with Gasteiger partial charge in [0, 0.05) is 17.3 Å². The van der Waals surface area contributed by atoms with Crippen LogP contribution >= 0.6 is 15.9 Å². The Morgan fingerprint density at radius 1 is 1.10 bits per heavy atom. The minimum atomic E-state index is -0.329. The van der Waals surface area contributed by atoms with E-state index < -0.39 is 0 Å². The van der Waals surface area contributed by atoms with Crippen LogP contribution in [0.1, 0.15) is 0 Å². The van der Waals surface area contributed by atoms with Crippen molar-refractivity contribution < 1.29 is 9.13 Å². The van der Waals surface area contributed by atoms with Crippen LogP contribution in [0.4, 0.5) is 10.1 Å². The van der Waals surface area contributed by atoms with Crippen LogP contribution in [0.2, 0.25) is 0 Å². The van der Waals surface area contributed by atoms with Gasteiger partial charge in [-0.25, -0.2) is 4.39 Å². The molecular weight excluding hydrogens is 323 g/mol. The lowest BCUT2D eigenvalue weighted by Crippen LogP contribution is -1.90. The molecule has 5 heteroatoms. The fourth-order valence-electron chi connectivity index (χ4n) is 1.90. The smallest absolute Gasteiger partial charge is 0.138 e. The van der Waals surface area contributed by atoms with Gasteiger partial charge in [-0.05, 0) is 58.4 Å².